The van der Waals surface area contributed by atoms with Crippen LogP contribution in [0.5, 0.6) is 5.75 Å². The first kappa shape index (κ1) is 18.2. The maximum Gasteiger partial charge on any atom is 0.254 e. The Morgan fingerprint density at radius 2 is 2.08 bits per heavy atom. The van der Waals surface area contributed by atoms with Crippen molar-refractivity contribution in [2.24, 2.45) is 5.92 Å². The van der Waals surface area contributed by atoms with Gasteiger partial charge >= 0.3 is 0 Å². The minimum atomic E-state index is -0.307. The van der Waals surface area contributed by atoms with Crippen molar-refractivity contribution in [1.82, 2.24) is 9.80 Å². The molecule has 2 heterocycles. The molecule has 0 aliphatic carbocycles. The Kier molecular flexibility index (Phi) is 5.40. The number of hydrogen-bond acceptors (Lipinski definition) is 6. The number of phenols is 1. The molecular weight excluding hydrogens is 336 g/mol. The van der Waals surface area contributed by atoms with Crippen molar-refractivity contribution in [2.75, 3.05) is 45.2 Å². The molecule has 0 spiro atoms. The molecule has 8 heteroatoms. The molecule has 138 valence electrons. The van der Waals surface area contributed by atoms with Gasteiger partial charge < -0.3 is 20.1 Å². The maximum atomic E-state index is 12.4. The number of anilines is 1. The zero-order valence-corrected chi connectivity index (χ0v) is 14.6. The molecule has 0 radical (unpaired) electrons. The van der Waals surface area contributed by atoms with Crippen LogP contribution in [0.1, 0.15) is 16.8 Å². The van der Waals surface area contributed by atoms with Crippen molar-refractivity contribution >= 4 is 17.5 Å². The number of hydrogen-bond donors (Lipinski definition) is 2. The van der Waals surface area contributed by atoms with Gasteiger partial charge in [-0.05, 0) is 31.7 Å². The monoisotopic (exact) mass is 358 g/mol. The first-order valence-electron chi connectivity index (χ1n) is 8.60. The summed E-state index contributed by atoms with van der Waals surface area (Å²) in [6, 6.07) is 6.39. The summed E-state index contributed by atoms with van der Waals surface area (Å²) < 4.78 is 5.23. The van der Waals surface area contributed by atoms with Crippen LogP contribution in [0.2, 0.25) is 0 Å². The van der Waals surface area contributed by atoms with Gasteiger partial charge in [-0.2, -0.15) is 5.26 Å². The predicted octanol–water partition coefficient (Wildman–Crippen LogP) is 0.647. The van der Waals surface area contributed by atoms with Crippen LogP contribution >= 0.6 is 0 Å². The molecule has 2 unspecified atom stereocenters. The molecule has 3 rings (SSSR count). The fourth-order valence-electron chi connectivity index (χ4n) is 3.29. The van der Waals surface area contributed by atoms with E-state index in [1.165, 1.54) is 12.1 Å². The number of phenolic OH excluding ortho intramolecular Hbond substituents is 1. The SMILES string of the molecule is CN1CC(C(=O)Nc2ccc(C(=O)N3CCOCC3)cc2O)CC1C#N. The summed E-state index contributed by atoms with van der Waals surface area (Å²) in [6.07, 6.45) is 0.465. The first-order valence-corrected chi connectivity index (χ1v) is 8.60. The molecule has 2 fully saturated rings. The molecule has 1 aromatic rings. The Bertz CT molecular complexity index is 739. The topological polar surface area (TPSA) is 106 Å². The minimum absolute atomic E-state index is 0.152. The van der Waals surface area contributed by atoms with Crippen LogP contribution in [0, 0.1) is 17.2 Å². The fourth-order valence-corrected chi connectivity index (χ4v) is 3.29. The third-order valence-corrected chi connectivity index (χ3v) is 4.87. The van der Waals surface area contributed by atoms with Gasteiger partial charge in [0.15, 0.2) is 0 Å². The van der Waals surface area contributed by atoms with Gasteiger partial charge in [0, 0.05) is 25.2 Å². The van der Waals surface area contributed by atoms with Crippen LogP contribution in [-0.2, 0) is 9.53 Å². The average molecular weight is 358 g/mol. The highest BCUT2D eigenvalue weighted by Crippen LogP contribution is 2.28. The van der Waals surface area contributed by atoms with E-state index in [1.54, 1.807) is 11.0 Å². The normalized spacial score (nSPS) is 23.5. The maximum absolute atomic E-state index is 12.4. The summed E-state index contributed by atoms with van der Waals surface area (Å²) in [6.45, 7) is 2.55. The van der Waals surface area contributed by atoms with Gasteiger partial charge in [0.1, 0.15) is 5.75 Å². The second kappa shape index (κ2) is 7.72. The van der Waals surface area contributed by atoms with Crippen LogP contribution in [0.25, 0.3) is 0 Å². The Hall–Kier alpha value is -2.63. The molecule has 0 saturated carbocycles. The van der Waals surface area contributed by atoms with E-state index in [0.29, 0.717) is 44.8 Å². The van der Waals surface area contributed by atoms with Crippen molar-refractivity contribution in [3.63, 3.8) is 0 Å². The van der Waals surface area contributed by atoms with Crippen LogP contribution in [0.4, 0.5) is 5.69 Å². The van der Waals surface area contributed by atoms with Crippen LogP contribution in [0.3, 0.4) is 0 Å². The van der Waals surface area contributed by atoms with E-state index >= 15 is 0 Å². The van der Waals surface area contributed by atoms with Crippen LogP contribution in [0.15, 0.2) is 18.2 Å². The van der Waals surface area contributed by atoms with E-state index in [9.17, 15) is 14.7 Å². The van der Waals surface area contributed by atoms with E-state index in [4.69, 9.17) is 10.00 Å². The molecule has 1 aromatic carbocycles. The Labute approximate surface area is 151 Å². The number of aromatic hydroxyl groups is 1. The number of nitriles is 1. The van der Waals surface area contributed by atoms with Gasteiger partial charge in [0.05, 0.1) is 36.9 Å². The third-order valence-electron chi connectivity index (χ3n) is 4.87. The number of ether oxygens (including phenoxy) is 1. The van der Waals surface area contributed by atoms with Gasteiger partial charge in [-0.3, -0.25) is 14.5 Å². The van der Waals surface area contributed by atoms with Crippen molar-refractivity contribution < 1.29 is 19.4 Å². The van der Waals surface area contributed by atoms with Crippen molar-refractivity contribution in [1.29, 1.82) is 5.26 Å². The predicted molar refractivity (Wildman–Crippen MR) is 93.6 cm³/mol. The lowest BCUT2D eigenvalue weighted by Gasteiger charge is -2.27. The summed E-state index contributed by atoms with van der Waals surface area (Å²) in [5, 5.41) is 22.0. The zero-order valence-electron chi connectivity index (χ0n) is 14.6. The minimum Gasteiger partial charge on any atom is -0.506 e. The lowest BCUT2D eigenvalue weighted by Crippen LogP contribution is -2.40. The molecule has 2 atom stereocenters. The number of nitrogens with zero attached hydrogens (tertiary/aromatic N) is 3. The third kappa shape index (κ3) is 3.79. The van der Waals surface area contributed by atoms with Crippen molar-refractivity contribution in [2.45, 2.75) is 12.5 Å². The number of rotatable bonds is 3. The van der Waals surface area contributed by atoms with E-state index < -0.39 is 0 Å². The highest BCUT2D eigenvalue weighted by atomic mass is 16.5. The smallest absolute Gasteiger partial charge is 0.254 e. The summed E-state index contributed by atoms with van der Waals surface area (Å²) in [5.74, 6) is -0.868. The Morgan fingerprint density at radius 3 is 2.69 bits per heavy atom. The molecule has 2 aliphatic heterocycles. The molecule has 8 nitrogen and oxygen atoms in total. The molecule has 0 aromatic heterocycles. The lowest BCUT2D eigenvalue weighted by molar-refractivity contribution is -0.119. The second-order valence-corrected chi connectivity index (χ2v) is 6.64. The quantitative estimate of drug-likeness (QED) is 0.769. The summed E-state index contributed by atoms with van der Waals surface area (Å²) in [7, 11) is 1.81. The van der Waals surface area contributed by atoms with Gasteiger partial charge in [0.25, 0.3) is 5.91 Å². The van der Waals surface area contributed by atoms with Crippen molar-refractivity contribution in [3.8, 4) is 11.8 Å². The molecular formula is C18H22N4O4. The van der Waals surface area contributed by atoms with Crippen LogP contribution < -0.4 is 5.32 Å². The van der Waals surface area contributed by atoms with Gasteiger partial charge in [0.2, 0.25) is 5.91 Å². The number of morpholine rings is 1. The number of nitrogens with one attached hydrogen (secondary N) is 1. The molecule has 2 aliphatic rings. The van der Waals surface area contributed by atoms with Gasteiger partial charge in [-0.15, -0.1) is 0 Å². The molecule has 26 heavy (non-hydrogen) atoms. The van der Waals surface area contributed by atoms with Crippen LogP contribution in [-0.4, -0.2) is 72.7 Å². The summed E-state index contributed by atoms with van der Waals surface area (Å²) >= 11 is 0. The highest BCUT2D eigenvalue weighted by molar-refractivity contribution is 5.98. The van der Waals surface area contributed by atoms with Gasteiger partial charge in [-0.1, -0.05) is 0 Å². The summed E-state index contributed by atoms with van der Waals surface area (Å²) in [5.41, 5.74) is 0.629. The average Bonchev–Trinajstić information content (AvgIpc) is 3.04. The molecule has 2 saturated heterocycles. The highest BCUT2D eigenvalue weighted by Gasteiger charge is 2.34. The number of carbonyl (C=O) groups is 2. The molecule has 2 N–H and O–H groups in total. The Morgan fingerprint density at radius 1 is 1.35 bits per heavy atom. The standard InChI is InChI=1S/C18H22N4O4/c1-21-11-13(8-14(21)10-19)17(24)20-15-3-2-12(9-16(15)23)18(25)22-4-6-26-7-5-22/h2-3,9,13-14,23H,4-8,11H2,1H3,(H,20,24). The largest absolute Gasteiger partial charge is 0.506 e. The number of carbonyl (C=O) groups excluding carboxylic acids is 2. The molecule has 2 amide bonds. The second-order valence-electron chi connectivity index (χ2n) is 6.64. The van der Waals surface area contributed by atoms with Gasteiger partial charge in [-0.25, -0.2) is 0 Å². The zero-order chi connectivity index (χ0) is 18.7. The van der Waals surface area contributed by atoms with E-state index in [2.05, 4.69) is 11.4 Å². The van der Waals surface area contributed by atoms with E-state index in [-0.39, 0.29) is 35.2 Å². The van der Waals surface area contributed by atoms with E-state index in [0.717, 1.165) is 0 Å². The fraction of sp³-hybridized carbons (Fsp3) is 0.500. The number of amides is 2. The summed E-state index contributed by atoms with van der Waals surface area (Å²) in [4.78, 5) is 28.3. The van der Waals surface area contributed by atoms with E-state index in [1.807, 2.05) is 11.9 Å². The Balaban J connectivity index is 1.65. The van der Waals surface area contributed by atoms with Crippen molar-refractivity contribution in [3.05, 3.63) is 23.8 Å². The molecule has 0 bridgehead atoms. The number of benzene rings is 1. The number of likely N-dealkylation sites (tertiary alicyclic amines) is 1. The first-order chi connectivity index (χ1) is 12.5. The lowest BCUT2D eigenvalue weighted by atomic mass is 10.0.